The molecule has 5 heteroatoms. The van der Waals surface area contributed by atoms with E-state index in [2.05, 4.69) is 23.8 Å². The van der Waals surface area contributed by atoms with Gasteiger partial charge in [-0.3, -0.25) is 9.69 Å². The fourth-order valence-corrected chi connectivity index (χ4v) is 3.45. The van der Waals surface area contributed by atoms with E-state index in [0.29, 0.717) is 11.6 Å². The Morgan fingerprint density at radius 1 is 1.28 bits per heavy atom. The second-order valence-corrected chi connectivity index (χ2v) is 7.10. The summed E-state index contributed by atoms with van der Waals surface area (Å²) in [5.74, 6) is 0.828. The molecule has 25 heavy (non-hydrogen) atoms. The van der Waals surface area contributed by atoms with E-state index in [1.165, 1.54) is 0 Å². The standard InChI is InChI=1S/C20H33N3O2/c1-6-18(23-13-11-21(3)12-14-23)9-10-22(4)20(24)17-8-7-16(2)19(15-17)25-5/h7-8,15,18H,6,9-14H2,1-5H3. The topological polar surface area (TPSA) is 36.0 Å². The Morgan fingerprint density at radius 3 is 2.56 bits per heavy atom. The third-order valence-corrected chi connectivity index (χ3v) is 5.32. The first-order valence-corrected chi connectivity index (χ1v) is 9.29. The summed E-state index contributed by atoms with van der Waals surface area (Å²) >= 11 is 0. The van der Waals surface area contributed by atoms with Gasteiger partial charge in [-0.15, -0.1) is 0 Å². The molecule has 1 saturated heterocycles. The van der Waals surface area contributed by atoms with E-state index in [4.69, 9.17) is 4.74 Å². The van der Waals surface area contributed by atoms with E-state index in [-0.39, 0.29) is 5.91 Å². The quantitative estimate of drug-likeness (QED) is 0.759. The van der Waals surface area contributed by atoms with Crippen molar-refractivity contribution >= 4 is 5.91 Å². The fraction of sp³-hybridized carbons (Fsp3) is 0.650. The zero-order valence-corrected chi connectivity index (χ0v) is 16.4. The molecule has 1 heterocycles. The number of carbonyl (C=O) groups excluding carboxylic acids is 1. The van der Waals surface area contributed by atoms with Gasteiger partial charge < -0.3 is 14.5 Å². The van der Waals surface area contributed by atoms with Crippen molar-refractivity contribution in [1.82, 2.24) is 14.7 Å². The van der Waals surface area contributed by atoms with Crippen LogP contribution in [0.5, 0.6) is 5.75 Å². The molecule has 0 saturated carbocycles. The third kappa shape index (κ3) is 5.19. The van der Waals surface area contributed by atoms with E-state index in [9.17, 15) is 4.79 Å². The molecule has 1 aromatic rings. The molecule has 1 aliphatic heterocycles. The molecule has 1 fully saturated rings. The van der Waals surface area contributed by atoms with Gasteiger partial charge >= 0.3 is 0 Å². The molecule has 5 nitrogen and oxygen atoms in total. The van der Waals surface area contributed by atoms with Crippen molar-refractivity contribution in [3.8, 4) is 5.75 Å². The number of methoxy groups -OCH3 is 1. The molecular formula is C20H33N3O2. The van der Waals surface area contributed by atoms with Gasteiger partial charge in [-0.05, 0) is 44.5 Å². The Bertz CT molecular complexity index is 568. The minimum absolute atomic E-state index is 0.0616. The van der Waals surface area contributed by atoms with E-state index in [0.717, 1.165) is 56.9 Å². The van der Waals surface area contributed by atoms with Crippen LogP contribution in [-0.2, 0) is 0 Å². The molecule has 0 radical (unpaired) electrons. The van der Waals surface area contributed by atoms with Crippen LogP contribution in [0.4, 0.5) is 0 Å². The maximum atomic E-state index is 12.7. The van der Waals surface area contributed by atoms with Crippen molar-refractivity contribution in [3.63, 3.8) is 0 Å². The SMILES string of the molecule is CCC(CCN(C)C(=O)c1ccc(C)c(OC)c1)N1CCN(C)CC1. The average Bonchev–Trinajstić information content (AvgIpc) is 2.63. The number of rotatable bonds is 7. The maximum absolute atomic E-state index is 12.7. The van der Waals surface area contributed by atoms with Crippen LogP contribution in [0.1, 0.15) is 35.7 Å². The molecule has 0 aromatic heterocycles. The summed E-state index contributed by atoms with van der Waals surface area (Å²) in [5, 5.41) is 0. The first-order chi connectivity index (χ1) is 12.0. The Hall–Kier alpha value is -1.59. The van der Waals surface area contributed by atoms with E-state index in [1.54, 1.807) is 7.11 Å². The highest BCUT2D eigenvalue weighted by atomic mass is 16.5. The molecule has 0 spiro atoms. The maximum Gasteiger partial charge on any atom is 0.253 e. The lowest BCUT2D eigenvalue weighted by Crippen LogP contribution is -2.49. The molecule has 0 N–H and O–H groups in total. The number of carbonyl (C=O) groups is 1. The predicted octanol–water partition coefficient (Wildman–Crippen LogP) is 2.49. The van der Waals surface area contributed by atoms with Gasteiger partial charge in [0, 0.05) is 51.4 Å². The Balaban J connectivity index is 1.91. The van der Waals surface area contributed by atoms with Gasteiger partial charge in [-0.1, -0.05) is 13.0 Å². The molecule has 0 aliphatic carbocycles. The normalized spacial score (nSPS) is 17.3. The highest BCUT2D eigenvalue weighted by Crippen LogP contribution is 2.20. The number of hydrogen-bond donors (Lipinski definition) is 0. The van der Waals surface area contributed by atoms with Crippen LogP contribution >= 0.6 is 0 Å². The van der Waals surface area contributed by atoms with Gasteiger partial charge in [0.25, 0.3) is 5.91 Å². The summed E-state index contributed by atoms with van der Waals surface area (Å²) in [4.78, 5) is 19.5. The van der Waals surface area contributed by atoms with Gasteiger partial charge in [0.05, 0.1) is 7.11 Å². The summed E-state index contributed by atoms with van der Waals surface area (Å²) in [6.45, 7) is 9.53. The number of amides is 1. The van der Waals surface area contributed by atoms with Crippen molar-refractivity contribution < 1.29 is 9.53 Å². The summed E-state index contributed by atoms with van der Waals surface area (Å²) in [7, 11) is 5.72. The second-order valence-electron chi connectivity index (χ2n) is 7.10. The number of aryl methyl sites for hydroxylation is 1. The smallest absolute Gasteiger partial charge is 0.253 e. The first-order valence-electron chi connectivity index (χ1n) is 9.29. The lowest BCUT2D eigenvalue weighted by molar-refractivity contribution is 0.0739. The Morgan fingerprint density at radius 2 is 1.96 bits per heavy atom. The number of ether oxygens (including phenoxy) is 1. The van der Waals surface area contributed by atoms with Gasteiger partial charge in [-0.2, -0.15) is 0 Å². The van der Waals surface area contributed by atoms with E-state index in [1.807, 2.05) is 37.1 Å². The van der Waals surface area contributed by atoms with Crippen molar-refractivity contribution in [2.45, 2.75) is 32.7 Å². The summed E-state index contributed by atoms with van der Waals surface area (Å²) in [6.07, 6.45) is 2.15. The molecule has 1 aliphatic rings. The summed E-state index contributed by atoms with van der Waals surface area (Å²) in [6, 6.07) is 6.22. The monoisotopic (exact) mass is 347 g/mol. The van der Waals surface area contributed by atoms with Gasteiger partial charge in [0.1, 0.15) is 5.75 Å². The second kappa shape index (κ2) is 9.20. The summed E-state index contributed by atoms with van der Waals surface area (Å²) < 4.78 is 5.34. The number of nitrogens with zero attached hydrogens (tertiary/aromatic N) is 3. The minimum atomic E-state index is 0.0616. The zero-order valence-electron chi connectivity index (χ0n) is 16.4. The summed E-state index contributed by atoms with van der Waals surface area (Å²) in [5.41, 5.74) is 1.74. The fourth-order valence-electron chi connectivity index (χ4n) is 3.45. The van der Waals surface area contributed by atoms with E-state index >= 15 is 0 Å². The molecule has 1 aromatic carbocycles. The molecule has 140 valence electrons. The average molecular weight is 348 g/mol. The van der Waals surface area contributed by atoms with Crippen LogP contribution in [0.15, 0.2) is 18.2 Å². The van der Waals surface area contributed by atoms with Crippen LogP contribution in [0.25, 0.3) is 0 Å². The van der Waals surface area contributed by atoms with E-state index < -0.39 is 0 Å². The molecular weight excluding hydrogens is 314 g/mol. The molecule has 0 bridgehead atoms. The van der Waals surface area contributed by atoms with Crippen molar-refractivity contribution in [3.05, 3.63) is 29.3 Å². The predicted molar refractivity (Wildman–Crippen MR) is 102 cm³/mol. The third-order valence-electron chi connectivity index (χ3n) is 5.32. The Kier molecular flexibility index (Phi) is 7.26. The van der Waals surface area contributed by atoms with Crippen LogP contribution in [0, 0.1) is 6.92 Å². The number of piperazine rings is 1. The highest BCUT2D eigenvalue weighted by molar-refractivity contribution is 5.94. The first kappa shape index (κ1) is 19.7. The molecule has 1 atom stereocenters. The number of benzene rings is 1. The number of likely N-dealkylation sites (N-methyl/N-ethyl adjacent to an activating group) is 1. The van der Waals surface area contributed by atoms with Crippen LogP contribution in [0.2, 0.25) is 0 Å². The van der Waals surface area contributed by atoms with Crippen LogP contribution < -0.4 is 4.74 Å². The Labute approximate surface area is 152 Å². The van der Waals surface area contributed by atoms with Gasteiger partial charge in [0.15, 0.2) is 0 Å². The highest BCUT2D eigenvalue weighted by Gasteiger charge is 2.22. The molecule has 1 amide bonds. The van der Waals surface area contributed by atoms with Crippen molar-refractivity contribution in [2.75, 3.05) is 53.9 Å². The lowest BCUT2D eigenvalue weighted by Gasteiger charge is -2.38. The van der Waals surface area contributed by atoms with Crippen LogP contribution in [-0.4, -0.2) is 80.6 Å². The molecule has 1 unspecified atom stereocenters. The van der Waals surface area contributed by atoms with Gasteiger partial charge in [0.2, 0.25) is 0 Å². The minimum Gasteiger partial charge on any atom is -0.496 e. The van der Waals surface area contributed by atoms with Crippen molar-refractivity contribution in [2.24, 2.45) is 0 Å². The largest absolute Gasteiger partial charge is 0.496 e. The lowest BCUT2D eigenvalue weighted by atomic mass is 10.1. The number of hydrogen-bond acceptors (Lipinski definition) is 4. The van der Waals surface area contributed by atoms with Crippen LogP contribution in [0.3, 0.4) is 0 Å². The van der Waals surface area contributed by atoms with Crippen molar-refractivity contribution in [1.29, 1.82) is 0 Å². The molecule has 2 rings (SSSR count). The van der Waals surface area contributed by atoms with Gasteiger partial charge in [-0.25, -0.2) is 0 Å². The zero-order chi connectivity index (χ0) is 18.4.